The van der Waals surface area contributed by atoms with Gasteiger partial charge in [-0.25, -0.2) is 19.3 Å². The van der Waals surface area contributed by atoms with Crippen molar-refractivity contribution in [3.05, 3.63) is 67.9 Å². The molecule has 35 heavy (non-hydrogen) atoms. The Morgan fingerprint density at radius 1 is 1.31 bits per heavy atom. The zero-order valence-electron chi connectivity index (χ0n) is 18.8. The quantitative estimate of drug-likeness (QED) is 0.175. The maximum Gasteiger partial charge on any atom is 0.469 e. The van der Waals surface area contributed by atoms with Gasteiger partial charge in [-0.1, -0.05) is 35.5 Å². The lowest BCUT2D eigenvalue weighted by Gasteiger charge is -2.22. The summed E-state index contributed by atoms with van der Waals surface area (Å²) in [4.78, 5) is 51.5. The molecule has 1 amide bonds. The first kappa shape index (κ1) is 28.5. The second kappa shape index (κ2) is 12.8. The van der Waals surface area contributed by atoms with Crippen molar-refractivity contribution >= 4 is 55.5 Å². The molecule has 1 heterocycles. The number of aryl methyl sites for hydroxylation is 1. The number of halogens is 1. The summed E-state index contributed by atoms with van der Waals surface area (Å²) in [6.45, 7) is 2.81. The number of phosphoric ester groups is 1. The van der Waals surface area contributed by atoms with Crippen LogP contribution in [0.4, 0.5) is 5.82 Å². The van der Waals surface area contributed by atoms with Gasteiger partial charge in [-0.2, -0.15) is 0 Å². The molecule has 11 nitrogen and oxygen atoms in total. The molecule has 2 rings (SSSR count). The lowest BCUT2D eigenvalue weighted by molar-refractivity contribution is -0.131. The Morgan fingerprint density at radius 2 is 1.97 bits per heavy atom. The van der Waals surface area contributed by atoms with Crippen LogP contribution in [0.2, 0.25) is 5.02 Å². The molecule has 14 heteroatoms. The molecule has 5 N–H and O–H groups in total. The topological polar surface area (TPSA) is 176 Å². The summed E-state index contributed by atoms with van der Waals surface area (Å²) in [7, 11) is -4.75. The van der Waals surface area contributed by atoms with Crippen LogP contribution >= 0.6 is 31.2 Å². The summed E-state index contributed by atoms with van der Waals surface area (Å²) in [5.74, 6) is -0.592. The highest BCUT2D eigenvalue weighted by Crippen LogP contribution is 2.38. The van der Waals surface area contributed by atoms with Gasteiger partial charge in [-0.15, -0.1) is 0 Å². The molecule has 0 atom stereocenters. The molecule has 0 aliphatic carbocycles. The Labute approximate surface area is 210 Å². The predicted molar refractivity (Wildman–Crippen MR) is 133 cm³/mol. The van der Waals surface area contributed by atoms with Gasteiger partial charge in [0.2, 0.25) is 6.41 Å². The van der Waals surface area contributed by atoms with Gasteiger partial charge in [0, 0.05) is 33.8 Å². The van der Waals surface area contributed by atoms with Gasteiger partial charge < -0.3 is 25.5 Å². The van der Waals surface area contributed by atoms with E-state index >= 15 is 0 Å². The molecule has 0 aliphatic heterocycles. The lowest BCUT2D eigenvalue weighted by atomic mass is 10.2. The fraction of sp³-hybridized carbons (Fsp3) is 0.238. The van der Waals surface area contributed by atoms with Crippen LogP contribution in [0.3, 0.4) is 0 Å². The van der Waals surface area contributed by atoms with E-state index in [1.54, 1.807) is 38.1 Å². The Balaban J connectivity index is 2.43. The Morgan fingerprint density at radius 3 is 2.51 bits per heavy atom. The minimum atomic E-state index is -4.75. The fourth-order valence-corrected chi connectivity index (χ4v) is 4.21. The van der Waals surface area contributed by atoms with Crippen molar-refractivity contribution in [3.63, 3.8) is 0 Å². The van der Waals surface area contributed by atoms with Gasteiger partial charge in [-0.05, 0) is 37.6 Å². The van der Waals surface area contributed by atoms with E-state index < -0.39 is 20.4 Å². The number of nitrogen functional groups attached to an aromatic ring is 1. The maximum absolute atomic E-state index is 12.0. The number of thioether (sulfide) groups is 1. The van der Waals surface area contributed by atoms with Crippen LogP contribution in [0, 0.1) is 6.92 Å². The number of benzene rings is 1. The van der Waals surface area contributed by atoms with Crippen molar-refractivity contribution in [1.29, 1.82) is 0 Å². The molecule has 1 aromatic heterocycles. The highest BCUT2D eigenvalue weighted by atomic mass is 35.5. The van der Waals surface area contributed by atoms with E-state index in [4.69, 9.17) is 27.1 Å². The van der Waals surface area contributed by atoms with Crippen LogP contribution in [0.15, 0.2) is 46.0 Å². The Bertz CT molecular complexity index is 1180. The molecular weight excluding hydrogens is 519 g/mol. The number of hydrogen-bond donors (Lipinski definition) is 4. The lowest BCUT2D eigenvalue weighted by Crippen LogP contribution is -2.22. The first-order valence-electron chi connectivity index (χ1n) is 9.97. The van der Waals surface area contributed by atoms with Crippen LogP contribution in [0.25, 0.3) is 6.08 Å². The third-order valence-electron chi connectivity index (χ3n) is 4.52. The predicted octanol–water partition coefficient (Wildman–Crippen LogP) is 3.57. The minimum Gasteiger partial charge on any atom is -0.477 e. The molecule has 0 saturated carbocycles. The van der Waals surface area contributed by atoms with Crippen molar-refractivity contribution in [2.24, 2.45) is 0 Å². The Hall–Kier alpha value is -2.73. The van der Waals surface area contributed by atoms with Crippen LogP contribution in [-0.2, 0) is 25.2 Å². The molecule has 0 unspecified atom stereocenters. The largest absolute Gasteiger partial charge is 0.477 e. The van der Waals surface area contributed by atoms with Gasteiger partial charge >= 0.3 is 13.8 Å². The van der Waals surface area contributed by atoms with Crippen molar-refractivity contribution in [2.45, 2.75) is 26.8 Å². The monoisotopic (exact) mass is 542 g/mol. The summed E-state index contributed by atoms with van der Waals surface area (Å²) >= 11 is 6.71. The van der Waals surface area contributed by atoms with Crippen LogP contribution < -0.4 is 5.73 Å². The number of amides is 1. The van der Waals surface area contributed by atoms with E-state index in [2.05, 4.69) is 14.5 Å². The molecule has 0 bridgehead atoms. The number of hydrogen-bond acceptors (Lipinski definition) is 8. The second-order valence-electron chi connectivity index (χ2n) is 7.11. The molecule has 0 aliphatic rings. The zero-order chi connectivity index (χ0) is 26.2. The normalized spacial score (nSPS) is 12.8. The van der Waals surface area contributed by atoms with E-state index in [9.17, 15) is 19.3 Å². The minimum absolute atomic E-state index is 0.00579. The number of anilines is 1. The standard InChI is InChI=1S/C21H24ClN4O7PS/c1-13(26(12-27)11-16-10-24-14(2)25-20(16)23)18(7-8-33-34(30,31)32)35-19(21(28)29)9-15-3-5-17(22)6-4-15/h3-6,9-10,12H,7-8,11H2,1-2H3,(H,28,29)(H2,23,24,25)(H2,30,31,32)/b18-13-,19-9+. The number of aliphatic carboxylic acids is 1. The van der Waals surface area contributed by atoms with E-state index in [1.807, 2.05) is 0 Å². The second-order valence-corrected chi connectivity index (χ2v) is 9.92. The summed E-state index contributed by atoms with van der Waals surface area (Å²) in [5, 5.41) is 10.2. The van der Waals surface area contributed by atoms with Crippen molar-refractivity contribution in [2.75, 3.05) is 12.3 Å². The van der Waals surface area contributed by atoms with Gasteiger partial charge in [-0.3, -0.25) is 9.32 Å². The smallest absolute Gasteiger partial charge is 0.469 e. The first-order chi connectivity index (χ1) is 16.4. The molecular formula is C21H24ClN4O7PS. The molecule has 0 saturated heterocycles. The third-order valence-corrected chi connectivity index (χ3v) is 6.55. The highest BCUT2D eigenvalue weighted by Gasteiger charge is 2.20. The van der Waals surface area contributed by atoms with Gasteiger partial charge in [0.05, 0.1) is 18.1 Å². The van der Waals surface area contributed by atoms with Crippen LogP contribution in [0.5, 0.6) is 0 Å². The summed E-state index contributed by atoms with van der Waals surface area (Å²) in [5.41, 5.74) is 7.30. The number of carbonyl (C=O) groups excluding carboxylic acids is 1. The molecule has 0 fully saturated rings. The highest BCUT2D eigenvalue weighted by molar-refractivity contribution is 8.07. The number of rotatable bonds is 12. The molecule has 0 radical (unpaired) electrons. The summed E-state index contributed by atoms with van der Waals surface area (Å²) in [6.07, 6.45) is 3.34. The number of nitrogens with two attached hydrogens (primary N) is 1. The fourth-order valence-electron chi connectivity index (χ4n) is 2.75. The summed E-state index contributed by atoms with van der Waals surface area (Å²) in [6, 6.07) is 6.49. The van der Waals surface area contributed by atoms with Gasteiger partial charge in [0.1, 0.15) is 11.6 Å². The number of nitrogens with zero attached hydrogens (tertiary/aromatic N) is 3. The average Bonchev–Trinajstić information content (AvgIpc) is 2.77. The average molecular weight is 543 g/mol. The van der Waals surface area contributed by atoms with E-state index in [-0.39, 0.29) is 23.7 Å². The SMILES string of the molecule is C/C(=C(\CCOP(=O)(O)O)S/C(=C/c1ccc(Cl)cc1)C(=O)O)N(C=O)Cc1cnc(C)nc1N. The van der Waals surface area contributed by atoms with Crippen LogP contribution in [0.1, 0.15) is 30.3 Å². The zero-order valence-corrected chi connectivity index (χ0v) is 21.3. The van der Waals surface area contributed by atoms with Gasteiger partial charge in [0.15, 0.2) is 0 Å². The molecule has 1 aromatic carbocycles. The number of carboxylic acid groups (broad SMARTS) is 1. The van der Waals surface area contributed by atoms with Crippen LogP contribution in [-0.4, -0.2) is 48.7 Å². The number of phosphoric acid groups is 1. The van der Waals surface area contributed by atoms with Crippen molar-refractivity contribution in [1.82, 2.24) is 14.9 Å². The maximum atomic E-state index is 12.0. The van der Waals surface area contributed by atoms with Gasteiger partial charge in [0.25, 0.3) is 0 Å². The van der Waals surface area contributed by atoms with E-state index in [0.717, 1.165) is 11.8 Å². The number of carboxylic acids is 1. The number of carbonyl (C=O) groups is 2. The molecule has 0 spiro atoms. The molecule has 188 valence electrons. The van der Waals surface area contributed by atoms with Crippen molar-refractivity contribution in [3.8, 4) is 0 Å². The number of allylic oxidation sites excluding steroid dienone is 1. The van der Waals surface area contributed by atoms with E-state index in [1.165, 1.54) is 17.2 Å². The molecule has 2 aromatic rings. The Kier molecular flexibility index (Phi) is 10.4. The summed E-state index contributed by atoms with van der Waals surface area (Å²) < 4.78 is 15.7. The number of aromatic nitrogens is 2. The first-order valence-corrected chi connectivity index (χ1v) is 12.7. The van der Waals surface area contributed by atoms with Crippen molar-refractivity contribution < 1.29 is 33.6 Å². The van der Waals surface area contributed by atoms with E-state index in [0.29, 0.717) is 39.0 Å². The third kappa shape index (κ3) is 9.44.